The minimum absolute atomic E-state index is 0.519. The predicted octanol–water partition coefficient (Wildman–Crippen LogP) is 3.58. The molecule has 2 aromatic rings. The molecule has 2 aromatic heterocycles. The van der Waals surface area contributed by atoms with Crippen LogP contribution in [0.2, 0.25) is 0 Å². The van der Waals surface area contributed by atoms with Gasteiger partial charge in [0, 0.05) is 12.4 Å². The van der Waals surface area contributed by atoms with Crippen molar-refractivity contribution in [2.75, 3.05) is 0 Å². The summed E-state index contributed by atoms with van der Waals surface area (Å²) in [6.07, 6.45) is 3.76. The largest absolute Gasteiger partial charge is 0.255 e. The van der Waals surface area contributed by atoms with Crippen LogP contribution >= 0.6 is 0 Å². The van der Waals surface area contributed by atoms with Gasteiger partial charge in [0.2, 0.25) is 0 Å². The average Bonchev–Trinajstić information content (AvgIpc) is 2.29. The van der Waals surface area contributed by atoms with Gasteiger partial charge in [-0.1, -0.05) is 19.9 Å². The van der Waals surface area contributed by atoms with Gasteiger partial charge < -0.3 is 0 Å². The lowest BCUT2D eigenvalue weighted by Gasteiger charge is -2.10. The van der Waals surface area contributed by atoms with E-state index in [-0.39, 0.29) is 0 Å². The summed E-state index contributed by atoms with van der Waals surface area (Å²) in [5, 5.41) is 0. The van der Waals surface area contributed by atoms with Crippen LogP contribution in [0.5, 0.6) is 0 Å². The second-order valence-electron chi connectivity index (χ2n) is 4.30. The Hall–Kier alpha value is -1.70. The molecule has 2 nitrogen and oxygen atoms in total. The lowest BCUT2D eigenvalue weighted by Crippen LogP contribution is -1.95. The zero-order valence-electron chi connectivity index (χ0n) is 9.94. The van der Waals surface area contributed by atoms with E-state index in [0.29, 0.717) is 5.92 Å². The van der Waals surface area contributed by atoms with Gasteiger partial charge in [-0.3, -0.25) is 9.97 Å². The topological polar surface area (TPSA) is 25.8 Å². The van der Waals surface area contributed by atoms with Gasteiger partial charge in [0.1, 0.15) is 0 Å². The van der Waals surface area contributed by atoms with Crippen molar-refractivity contribution < 1.29 is 0 Å². The number of rotatable bonds is 2. The first-order valence-corrected chi connectivity index (χ1v) is 5.56. The summed E-state index contributed by atoms with van der Waals surface area (Å²) in [7, 11) is 0. The molecule has 0 saturated carbocycles. The molecule has 0 amide bonds. The van der Waals surface area contributed by atoms with Crippen LogP contribution in [0.1, 0.15) is 30.9 Å². The molecule has 0 aromatic carbocycles. The van der Waals surface area contributed by atoms with Crippen molar-refractivity contribution in [3.63, 3.8) is 0 Å². The van der Waals surface area contributed by atoms with Gasteiger partial charge in [-0.25, -0.2) is 0 Å². The highest BCUT2D eigenvalue weighted by molar-refractivity contribution is 5.55. The molecule has 0 spiro atoms. The Bertz CT molecular complexity index is 475. The Morgan fingerprint density at radius 2 is 1.88 bits per heavy atom. The normalized spacial score (nSPS) is 10.8. The number of hydrogen-bond acceptors (Lipinski definition) is 2. The monoisotopic (exact) mass is 212 g/mol. The number of nitrogens with zero attached hydrogens (tertiary/aromatic N) is 2. The first-order valence-electron chi connectivity index (χ1n) is 5.56. The van der Waals surface area contributed by atoms with Crippen molar-refractivity contribution in [2.24, 2.45) is 0 Å². The number of aryl methyl sites for hydroxylation is 1. The first kappa shape index (κ1) is 10.8. The molecule has 0 bridgehead atoms. The minimum atomic E-state index is 0.519. The van der Waals surface area contributed by atoms with E-state index in [4.69, 9.17) is 0 Å². The Balaban J connectivity index is 2.43. The molecule has 0 atom stereocenters. The van der Waals surface area contributed by atoms with E-state index in [1.165, 1.54) is 11.1 Å². The van der Waals surface area contributed by atoms with Crippen LogP contribution in [0.3, 0.4) is 0 Å². The van der Waals surface area contributed by atoms with Crippen molar-refractivity contribution in [1.29, 1.82) is 0 Å². The molecule has 0 fully saturated rings. The van der Waals surface area contributed by atoms with E-state index in [1.807, 2.05) is 24.4 Å². The van der Waals surface area contributed by atoms with Crippen LogP contribution in [0.4, 0.5) is 0 Å². The zero-order chi connectivity index (χ0) is 11.5. The summed E-state index contributed by atoms with van der Waals surface area (Å²) in [6.45, 7) is 6.50. The Morgan fingerprint density at radius 1 is 1.06 bits per heavy atom. The van der Waals surface area contributed by atoms with Crippen molar-refractivity contribution in [3.8, 4) is 11.4 Å². The highest BCUT2D eigenvalue weighted by Crippen LogP contribution is 2.22. The van der Waals surface area contributed by atoms with Gasteiger partial charge in [0.25, 0.3) is 0 Å². The molecule has 0 aliphatic carbocycles. The maximum Gasteiger partial charge on any atom is 0.0888 e. The van der Waals surface area contributed by atoms with Gasteiger partial charge in [-0.2, -0.15) is 0 Å². The summed E-state index contributed by atoms with van der Waals surface area (Å²) >= 11 is 0. The molecule has 0 unspecified atom stereocenters. The smallest absolute Gasteiger partial charge is 0.0888 e. The molecular weight excluding hydrogens is 196 g/mol. The summed E-state index contributed by atoms with van der Waals surface area (Å²) in [5.74, 6) is 0.519. The molecule has 0 radical (unpaired) electrons. The van der Waals surface area contributed by atoms with Crippen molar-refractivity contribution in [1.82, 2.24) is 9.97 Å². The van der Waals surface area contributed by atoms with E-state index >= 15 is 0 Å². The molecule has 0 N–H and O–H groups in total. The lowest BCUT2D eigenvalue weighted by atomic mass is 9.99. The fourth-order valence-corrected chi connectivity index (χ4v) is 1.83. The summed E-state index contributed by atoms with van der Waals surface area (Å²) in [6, 6.07) is 7.99. The van der Waals surface area contributed by atoms with E-state index < -0.39 is 0 Å². The maximum absolute atomic E-state index is 4.47. The summed E-state index contributed by atoms with van der Waals surface area (Å²) in [5.41, 5.74) is 4.47. The third kappa shape index (κ3) is 2.11. The van der Waals surface area contributed by atoms with Gasteiger partial charge in [-0.05, 0) is 42.2 Å². The standard InChI is InChI=1S/C14H16N2/c1-10(2)12-9-16-14(8-11(12)3)13-6-4-5-7-15-13/h4-10H,1-3H3. The molecular formula is C14H16N2. The average molecular weight is 212 g/mol. The fourth-order valence-electron chi connectivity index (χ4n) is 1.83. The number of hydrogen-bond donors (Lipinski definition) is 0. The van der Waals surface area contributed by atoms with Crippen LogP contribution in [-0.2, 0) is 0 Å². The van der Waals surface area contributed by atoms with E-state index in [1.54, 1.807) is 6.20 Å². The first-order chi connectivity index (χ1) is 7.68. The summed E-state index contributed by atoms with van der Waals surface area (Å²) < 4.78 is 0. The molecule has 82 valence electrons. The van der Waals surface area contributed by atoms with Crippen LogP contribution in [0.15, 0.2) is 36.7 Å². The third-order valence-corrected chi connectivity index (χ3v) is 2.70. The fraction of sp³-hybridized carbons (Fsp3) is 0.286. The predicted molar refractivity (Wildman–Crippen MR) is 66.3 cm³/mol. The molecule has 2 heteroatoms. The molecule has 2 heterocycles. The quantitative estimate of drug-likeness (QED) is 0.760. The van der Waals surface area contributed by atoms with Crippen LogP contribution in [0, 0.1) is 6.92 Å². The van der Waals surface area contributed by atoms with E-state index in [9.17, 15) is 0 Å². The van der Waals surface area contributed by atoms with Crippen LogP contribution in [0.25, 0.3) is 11.4 Å². The second kappa shape index (κ2) is 4.44. The minimum Gasteiger partial charge on any atom is -0.255 e. The lowest BCUT2D eigenvalue weighted by molar-refractivity contribution is 0.848. The highest BCUT2D eigenvalue weighted by Gasteiger charge is 2.06. The molecule has 2 rings (SSSR count). The van der Waals surface area contributed by atoms with Crippen molar-refractivity contribution in [2.45, 2.75) is 26.7 Å². The molecule has 0 aliphatic rings. The van der Waals surface area contributed by atoms with Crippen molar-refractivity contribution >= 4 is 0 Å². The van der Waals surface area contributed by atoms with E-state index in [2.05, 4.69) is 36.8 Å². The zero-order valence-corrected chi connectivity index (χ0v) is 9.94. The van der Waals surface area contributed by atoms with E-state index in [0.717, 1.165) is 11.4 Å². The Morgan fingerprint density at radius 3 is 2.44 bits per heavy atom. The SMILES string of the molecule is Cc1cc(-c2ccccn2)ncc1C(C)C. The van der Waals surface area contributed by atoms with Gasteiger partial charge in [0.05, 0.1) is 11.4 Å². The van der Waals surface area contributed by atoms with Gasteiger partial charge in [-0.15, -0.1) is 0 Å². The summed E-state index contributed by atoms with van der Waals surface area (Å²) in [4.78, 5) is 8.77. The highest BCUT2D eigenvalue weighted by atomic mass is 14.8. The number of aromatic nitrogens is 2. The van der Waals surface area contributed by atoms with Crippen LogP contribution in [-0.4, -0.2) is 9.97 Å². The molecule has 16 heavy (non-hydrogen) atoms. The van der Waals surface area contributed by atoms with Gasteiger partial charge in [0.15, 0.2) is 0 Å². The Kier molecular flexibility index (Phi) is 3.00. The van der Waals surface area contributed by atoms with Gasteiger partial charge >= 0.3 is 0 Å². The third-order valence-electron chi connectivity index (χ3n) is 2.70. The molecule has 0 saturated heterocycles. The number of pyridine rings is 2. The Labute approximate surface area is 96.4 Å². The maximum atomic E-state index is 4.47. The van der Waals surface area contributed by atoms with Crippen molar-refractivity contribution in [3.05, 3.63) is 47.8 Å². The second-order valence-corrected chi connectivity index (χ2v) is 4.30. The molecule has 0 aliphatic heterocycles. The van der Waals surface area contributed by atoms with Crippen LogP contribution < -0.4 is 0 Å².